The summed E-state index contributed by atoms with van der Waals surface area (Å²) in [6.07, 6.45) is 1.59. The highest BCUT2D eigenvalue weighted by Gasteiger charge is 2.17. The molecule has 1 aromatic rings. The lowest BCUT2D eigenvalue weighted by atomic mass is 10.2. The molecule has 1 aliphatic rings. The van der Waals surface area contributed by atoms with Gasteiger partial charge in [-0.05, 0) is 13.0 Å². The number of hydrogen-bond donors (Lipinski definition) is 2. The van der Waals surface area contributed by atoms with E-state index in [9.17, 15) is 4.79 Å². The van der Waals surface area contributed by atoms with Gasteiger partial charge in [-0.3, -0.25) is 10.2 Å². The van der Waals surface area contributed by atoms with Crippen molar-refractivity contribution in [1.82, 2.24) is 20.2 Å². The first-order valence-corrected chi connectivity index (χ1v) is 7.36. The van der Waals surface area contributed by atoms with Gasteiger partial charge in [0.05, 0.1) is 25.5 Å². The van der Waals surface area contributed by atoms with Gasteiger partial charge in [0.15, 0.2) is 0 Å². The molecule has 2 heterocycles. The molecule has 1 saturated heterocycles. The van der Waals surface area contributed by atoms with Crippen LogP contribution in [0.5, 0.6) is 0 Å². The molecule has 122 valence electrons. The van der Waals surface area contributed by atoms with E-state index in [1.165, 1.54) is 0 Å². The fourth-order valence-corrected chi connectivity index (χ4v) is 2.22. The zero-order chi connectivity index (χ0) is 15.8. The van der Waals surface area contributed by atoms with Crippen LogP contribution in [-0.2, 0) is 16.1 Å². The molecule has 0 bridgehead atoms. The van der Waals surface area contributed by atoms with Crippen molar-refractivity contribution < 1.29 is 14.3 Å². The second-order valence-corrected chi connectivity index (χ2v) is 5.14. The van der Waals surface area contributed by atoms with Crippen molar-refractivity contribution in [2.45, 2.75) is 19.6 Å². The molecule has 8 heteroatoms. The molecule has 2 rings (SSSR count). The molecule has 1 unspecified atom stereocenters. The van der Waals surface area contributed by atoms with Crippen molar-refractivity contribution in [2.24, 2.45) is 0 Å². The molecule has 1 aliphatic heterocycles. The van der Waals surface area contributed by atoms with Crippen molar-refractivity contribution >= 4 is 12.0 Å². The third-order valence-corrected chi connectivity index (χ3v) is 3.46. The number of methoxy groups -OCH3 is 1. The molecule has 2 amide bonds. The smallest absolute Gasteiger partial charge is 0.321 e. The van der Waals surface area contributed by atoms with E-state index in [-0.39, 0.29) is 18.0 Å². The third-order valence-electron chi connectivity index (χ3n) is 3.46. The Morgan fingerprint density at radius 3 is 3.00 bits per heavy atom. The van der Waals surface area contributed by atoms with Gasteiger partial charge < -0.3 is 14.8 Å². The number of nitrogens with zero attached hydrogens (tertiary/aromatic N) is 3. The molecule has 1 fully saturated rings. The summed E-state index contributed by atoms with van der Waals surface area (Å²) in [5.74, 6) is 0.270. The van der Waals surface area contributed by atoms with Gasteiger partial charge in [0.1, 0.15) is 0 Å². The Balaban J connectivity index is 1.76. The Morgan fingerprint density at radius 1 is 1.50 bits per heavy atom. The normalized spacial score (nSPS) is 17.0. The average molecular weight is 309 g/mol. The standard InChI is InChI=1S/C14H23N5O3/c1-11(19-5-7-22-8-6-19)9-16-14(20)18-13-15-4-3-12(17-13)10-21-2/h3-4,11H,5-10H2,1-2H3,(H2,15,16,17,18,20). The summed E-state index contributed by atoms with van der Waals surface area (Å²) >= 11 is 0. The number of amides is 2. The molecular formula is C14H23N5O3. The maximum absolute atomic E-state index is 11.9. The molecule has 1 atom stereocenters. The van der Waals surface area contributed by atoms with E-state index in [0.717, 1.165) is 32.0 Å². The Labute approximate surface area is 130 Å². The zero-order valence-electron chi connectivity index (χ0n) is 13.0. The van der Waals surface area contributed by atoms with Gasteiger partial charge in [0.25, 0.3) is 0 Å². The van der Waals surface area contributed by atoms with E-state index in [2.05, 4.69) is 32.4 Å². The number of anilines is 1. The second kappa shape index (κ2) is 8.62. The van der Waals surface area contributed by atoms with Crippen LogP contribution in [0.25, 0.3) is 0 Å². The van der Waals surface area contributed by atoms with E-state index in [1.807, 2.05) is 0 Å². The molecule has 0 aliphatic carbocycles. The number of nitrogens with one attached hydrogen (secondary N) is 2. The highest BCUT2D eigenvalue weighted by molar-refractivity contribution is 5.87. The summed E-state index contributed by atoms with van der Waals surface area (Å²) in [4.78, 5) is 22.4. The zero-order valence-corrected chi connectivity index (χ0v) is 13.0. The summed E-state index contributed by atoms with van der Waals surface area (Å²) < 4.78 is 10.3. The van der Waals surface area contributed by atoms with E-state index in [0.29, 0.717) is 13.2 Å². The number of urea groups is 1. The van der Waals surface area contributed by atoms with Crippen LogP contribution in [0.2, 0.25) is 0 Å². The lowest BCUT2D eigenvalue weighted by Gasteiger charge is -2.32. The Bertz CT molecular complexity index is 479. The van der Waals surface area contributed by atoms with Gasteiger partial charge in [0, 0.05) is 39.0 Å². The first kappa shape index (κ1) is 16.6. The number of rotatable bonds is 6. The predicted octanol–water partition coefficient (Wildman–Crippen LogP) is 0.465. The van der Waals surface area contributed by atoms with Crippen molar-refractivity contribution in [1.29, 1.82) is 0 Å². The van der Waals surface area contributed by atoms with Crippen molar-refractivity contribution in [3.8, 4) is 0 Å². The monoisotopic (exact) mass is 309 g/mol. The van der Waals surface area contributed by atoms with Gasteiger partial charge in [-0.15, -0.1) is 0 Å². The van der Waals surface area contributed by atoms with Gasteiger partial charge in [-0.25, -0.2) is 14.8 Å². The highest BCUT2D eigenvalue weighted by atomic mass is 16.5. The second-order valence-electron chi connectivity index (χ2n) is 5.14. The Hall–Kier alpha value is -1.77. The van der Waals surface area contributed by atoms with E-state index < -0.39 is 0 Å². The summed E-state index contributed by atoms with van der Waals surface area (Å²) in [6.45, 7) is 6.31. The molecule has 1 aromatic heterocycles. The molecule has 0 radical (unpaired) electrons. The van der Waals surface area contributed by atoms with Crippen molar-refractivity contribution in [3.05, 3.63) is 18.0 Å². The van der Waals surface area contributed by atoms with Gasteiger partial charge in [-0.1, -0.05) is 0 Å². The van der Waals surface area contributed by atoms with Crippen LogP contribution >= 0.6 is 0 Å². The van der Waals surface area contributed by atoms with Crippen LogP contribution in [0.1, 0.15) is 12.6 Å². The molecule has 0 spiro atoms. The molecule has 0 saturated carbocycles. The van der Waals surface area contributed by atoms with Crippen LogP contribution in [0.3, 0.4) is 0 Å². The summed E-state index contributed by atoms with van der Waals surface area (Å²) in [5, 5.41) is 5.46. The van der Waals surface area contributed by atoms with E-state index in [1.54, 1.807) is 19.4 Å². The van der Waals surface area contributed by atoms with Crippen LogP contribution < -0.4 is 10.6 Å². The molecule has 22 heavy (non-hydrogen) atoms. The highest BCUT2D eigenvalue weighted by Crippen LogP contribution is 2.03. The minimum atomic E-state index is -0.310. The van der Waals surface area contributed by atoms with Crippen LogP contribution in [-0.4, -0.2) is 66.9 Å². The topological polar surface area (TPSA) is 88.6 Å². The lowest BCUT2D eigenvalue weighted by molar-refractivity contribution is 0.0209. The predicted molar refractivity (Wildman–Crippen MR) is 81.6 cm³/mol. The fraction of sp³-hybridized carbons (Fsp3) is 0.643. The van der Waals surface area contributed by atoms with Crippen LogP contribution in [0, 0.1) is 0 Å². The minimum absolute atomic E-state index is 0.260. The van der Waals surface area contributed by atoms with Crippen LogP contribution in [0.15, 0.2) is 12.3 Å². The van der Waals surface area contributed by atoms with Crippen molar-refractivity contribution in [3.63, 3.8) is 0 Å². The first-order valence-electron chi connectivity index (χ1n) is 7.36. The maximum Gasteiger partial charge on any atom is 0.321 e. The van der Waals surface area contributed by atoms with Gasteiger partial charge >= 0.3 is 6.03 Å². The molecular weight excluding hydrogens is 286 g/mol. The average Bonchev–Trinajstić information content (AvgIpc) is 2.54. The quantitative estimate of drug-likeness (QED) is 0.794. The number of ether oxygens (including phenoxy) is 2. The fourth-order valence-electron chi connectivity index (χ4n) is 2.22. The molecule has 0 aromatic carbocycles. The van der Waals surface area contributed by atoms with Crippen molar-refractivity contribution in [2.75, 3.05) is 45.3 Å². The largest absolute Gasteiger partial charge is 0.379 e. The third kappa shape index (κ3) is 5.21. The number of morpholine rings is 1. The van der Waals surface area contributed by atoms with Gasteiger partial charge in [0.2, 0.25) is 5.95 Å². The summed E-state index contributed by atoms with van der Waals surface area (Å²) in [6, 6.07) is 1.69. The molecule has 8 nitrogen and oxygen atoms in total. The van der Waals surface area contributed by atoms with E-state index >= 15 is 0 Å². The number of hydrogen-bond acceptors (Lipinski definition) is 6. The minimum Gasteiger partial charge on any atom is -0.379 e. The van der Waals surface area contributed by atoms with Gasteiger partial charge in [-0.2, -0.15) is 0 Å². The lowest BCUT2D eigenvalue weighted by Crippen LogP contribution is -2.47. The Kier molecular flexibility index (Phi) is 6.50. The SMILES string of the molecule is COCc1ccnc(NC(=O)NCC(C)N2CCOCC2)n1. The number of carbonyl (C=O) groups excluding carboxylic acids is 1. The summed E-state index contributed by atoms with van der Waals surface area (Å²) in [7, 11) is 1.59. The first-order chi connectivity index (χ1) is 10.7. The van der Waals surface area contributed by atoms with E-state index in [4.69, 9.17) is 9.47 Å². The van der Waals surface area contributed by atoms with Crippen LogP contribution in [0.4, 0.5) is 10.7 Å². The molecule has 2 N–H and O–H groups in total. The number of aromatic nitrogens is 2. The maximum atomic E-state index is 11.9. The number of carbonyl (C=O) groups is 1. The summed E-state index contributed by atoms with van der Waals surface area (Å²) in [5.41, 5.74) is 0.717. The Morgan fingerprint density at radius 2 is 2.27 bits per heavy atom.